The molecule has 0 unspecified atom stereocenters. The number of rotatable bonds is 2. The van der Waals surface area contributed by atoms with E-state index >= 15 is 0 Å². The van der Waals surface area contributed by atoms with Crippen molar-refractivity contribution in [2.75, 3.05) is 0 Å². The van der Waals surface area contributed by atoms with Crippen LogP contribution >= 0.6 is 11.8 Å². The maximum absolute atomic E-state index is 8.95. The summed E-state index contributed by atoms with van der Waals surface area (Å²) in [6, 6.07) is 11.4. The van der Waals surface area contributed by atoms with Crippen LogP contribution in [-0.2, 0) is 0 Å². The summed E-state index contributed by atoms with van der Waals surface area (Å²) in [5.74, 6) is 0. The smallest absolute Gasteiger partial charge is 0.195 e. The van der Waals surface area contributed by atoms with Crippen LogP contribution < -0.4 is 0 Å². The fourth-order valence-electron chi connectivity index (χ4n) is 1.79. The molecule has 2 aromatic heterocycles. The first kappa shape index (κ1) is 12.5. The molecule has 0 aliphatic heterocycles. The summed E-state index contributed by atoms with van der Waals surface area (Å²) in [6.45, 7) is 1.84. The molecule has 0 N–H and O–H groups in total. The van der Waals surface area contributed by atoms with E-state index in [1.54, 1.807) is 6.07 Å². The minimum atomic E-state index is 0.360. The van der Waals surface area contributed by atoms with E-state index in [4.69, 9.17) is 5.26 Å². The Labute approximate surface area is 119 Å². The molecule has 3 rings (SSSR count). The molecule has 96 valence electrons. The minimum Gasteiger partial charge on any atom is -0.236 e. The lowest BCUT2D eigenvalue weighted by molar-refractivity contribution is 0.916. The van der Waals surface area contributed by atoms with E-state index in [0.717, 1.165) is 21.6 Å². The number of benzene rings is 1. The second-order valence-corrected chi connectivity index (χ2v) is 5.04. The van der Waals surface area contributed by atoms with Crippen LogP contribution in [0.25, 0.3) is 10.9 Å². The Morgan fingerprint density at radius 2 is 2.00 bits per heavy atom. The predicted molar refractivity (Wildman–Crippen MR) is 75.1 cm³/mol. The van der Waals surface area contributed by atoms with Gasteiger partial charge in [-0.2, -0.15) is 5.26 Å². The lowest BCUT2D eigenvalue weighted by Crippen LogP contribution is -1.94. The van der Waals surface area contributed by atoms with Crippen molar-refractivity contribution in [2.24, 2.45) is 0 Å². The Morgan fingerprint density at radius 3 is 2.85 bits per heavy atom. The maximum Gasteiger partial charge on any atom is 0.195 e. The highest BCUT2D eigenvalue weighted by Crippen LogP contribution is 2.28. The van der Waals surface area contributed by atoms with Crippen molar-refractivity contribution in [3.63, 3.8) is 0 Å². The van der Waals surface area contributed by atoms with Gasteiger partial charge in [0, 0.05) is 11.1 Å². The zero-order chi connectivity index (χ0) is 13.9. The van der Waals surface area contributed by atoms with E-state index < -0.39 is 0 Å². The Kier molecular flexibility index (Phi) is 3.27. The summed E-state index contributed by atoms with van der Waals surface area (Å²) in [5.41, 5.74) is 1.99. The van der Waals surface area contributed by atoms with E-state index in [0.29, 0.717) is 10.9 Å². The number of hydrogen-bond donors (Lipinski definition) is 0. The van der Waals surface area contributed by atoms with Crippen LogP contribution in [0.2, 0.25) is 0 Å². The zero-order valence-electron chi connectivity index (χ0n) is 10.6. The molecule has 0 atom stereocenters. The largest absolute Gasteiger partial charge is 0.236 e. The third kappa shape index (κ3) is 2.44. The van der Waals surface area contributed by atoms with E-state index in [-0.39, 0.29) is 0 Å². The van der Waals surface area contributed by atoms with Crippen molar-refractivity contribution in [3.05, 3.63) is 48.0 Å². The highest BCUT2D eigenvalue weighted by atomic mass is 32.2. The molecular formula is C14H9N5S. The van der Waals surface area contributed by atoms with E-state index in [2.05, 4.69) is 19.9 Å². The molecule has 5 nitrogen and oxygen atoms in total. The second-order valence-electron chi connectivity index (χ2n) is 4.09. The van der Waals surface area contributed by atoms with Crippen LogP contribution in [-0.4, -0.2) is 19.9 Å². The van der Waals surface area contributed by atoms with Gasteiger partial charge < -0.3 is 0 Å². The summed E-state index contributed by atoms with van der Waals surface area (Å²) in [5, 5.41) is 11.2. The summed E-state index contributed by atoms with van der Waals surface area (Å²) in [4.78, 5) is 17.0. The summed E-state index contributed by atoms with van der Waals surface area (Å²) in [6.07, 6.45) is 1.52. The van der Waals surface area contributed by atoms with Crippen LogP contribution in [0.4, 0.5) is 0 Å². The molecule has 3 aromatic rings. The van der Waals surface area contributed by atoms with Crippen LogP contribution in [0.15, 0.2) is 46.8 Å². The topological polar surface area (TPSA) is 75.3 Å². The van der Waals surface area contributed by atoms with Gasteiger partial charge in [0.25, 0.3) is 0 Å². The van der Waals surface area contributed by atoms with Crippen molar-refractivity contribution in [2.45, 2.75) is 17.1 Å². The standard InChI is InChI=1S/C14H9N5S/c1-9-6-10(7-15)19-14(18-9)20-13-11-4-2-3-5-12(11)16-8-17-13/h2-6,8H,1H3. The molecule has 0 bridgehead atoms. The molecule has 0 saturated heterocycles. The van der Waals surface area contributed by atoms with Gasteiger partial charge in [-0.3, -0.25) is 0 Å². The fraction of sp³-hybridized carbons (Fsp3) is 0.0714. The molecule has 0 fully saturated rings. The Balaban J connectivity index is 2.06. The lowest BCUT2D eigenvalue weighted by Gasteiger charge is -2.04. The first-order chi connectivity index (χ1) is 9.76. The number of nitrogens with zero attached hydrogens (tertiary/aromatic N) is 5. The van der Waals surface area contributed by atoms with Crippen molar-refractivity contribution >= 4 is 22.7 Å². The number of para-hydroxylation sites is 1. The molecule has 2 heterocycles. The molecule has 0 radical (unpaired) electrons. The second kappa shape index (κ2) is 5.23. The van der Waals surface area contributed by atoms with Crippen molar-refractivity contribution < 1.29 is 0 Å². The normalized spacial score (nSPS) is 10.4. The molecule has 0 aliphatic rings. The van der Waals surface area contributed by atoms with Gasteiger partial charge in [0.15, 0.2) is 5.16 Å². The predicted octanol–water partition coefficient (Wildman–Crippen LogP) is 2.75. The van der Waals surface area contributed by atoms with E-state index in [1.165, 1.54) is 18.1 Å². The molecule has 0 saturated carbocycles. The molecule has 1 aromatic carbocycles. The van der Waals surface area contributed by atoms with Gasteiger partial charge in [0.05, 0.1) is 5.52 Å². The van der Waals surface area contributed by atoms with Crippen molar-refractivity contribution in [3.8, 4) is 6.07 Å². The van der Waals surface area contributed by atoms with E-state index in [9.17, 15) is 0 Å². The lowest BCUT2D eigenvalue weighted by atomic mass is 10.2. The van der Waals surface area contributed by atoms with Crippen LogP contribution in [0.1, 0.15) is 11.4 Å². The summed E-state index contributed by atoms with van der Waals surface area (Å²) >= 11 is 1.34. The average Bonchev–Trinajstić information content (AvgIpc) is 2.47. The molecule has 6 heteroatoms. The molecule has 0 aliphatic carbocycles. The van der Waals surface area contributed by atoms with Crippen molar-refractivity contribution in [1.29, 1.82) is 5.26 Å². The van der Waals surface area contributed by atoms with Crippen LogP contribution in [0, 0.1) is 18.3 Å². The van der Waals surface area contributed by atoms with Gasteiger partial charge in [0.2, 0.25) is 0 Å². The van der Waals surface area contributed by atoms with Gasteiger partial charge in [0.1, 0.15) is 23.1 Å². The third-order valence-electron chi connectivity index (χ3n) is 2.64. The van der Waals surface area contributed by atoms with Gasteiger partial charge in [-0.15, -0.1) is 0 Å². The average molecular weight is 279 g/mol. The maximum atomic E-state index is 8.95. The highest BCUT2D eigenvalue weighted by molar-refractivity contribution is 7.99. The quantitative estimate of drug-likeness (QED) is 0.530. The monoisotopic (exact) mass is 279 g/mol. The molecule has 0 amide bonds. The number of aromatic nitrogens is 4. The summed E-state index contributed by atoms with van der Waals surface area (Å²) in [7, 11) is 0. The van der Waals surface area contributed by atoms with Gasteiger partial charge in [-0.05, 0) is 30.8 Å². The molecular weight excluding hydrogens is 270 g/mol. The van der Waals surface area contributed by atoms with Crippen molar-refractivity contribution in [1.82, 2.24) is 19.9 Å². The molecule has 0 spiro atoms. The minimum absolute atomic E-state index is 0.360. The SMILES string of the molecule is Cc1cc(C#N)nc(Sc2ncnc3ccccc23)n1. The van der Waals surface area contributed by atoms with Gasteiger partial charge in [-0.1, -0.05) is 18.2 Å². The number of nitriles is 1. The Bertz CT molecular complexity index is 820. The molecule has 20 heavy (non-hydrogen) atoms. The van der Waals surface area contributed by atoms with Crippen LogP contribution in [0.3, 0.4) is 0 Å². The van der Waals surface area contributed by atoms with Gasteiger partial charge >= 0.3 is 0 Å². The Morgan fingerprint density at radius 1 is 1.15 bits per heavy atom. The van der Waals surface area contributed by atoms with Gasteiger partial charge in [-0.25, -0.2) is 19.9 Å². The fourth-order valence-corrected chi connectivity index (χ4v) is 2.68. The number of fused-ring (bicyclic) bond motifs is 1. The number of aryl methyl sites for hydroxylation is 1. The Hall–Kier alpha value is -2.52. The first-order valence-corrected chi connectivity index (χ1v) is 6.71. The number of hydrogen-bond acceptors (Lipinski definition) is 6. The van der Waals surface area contributed by atoms with E-state index in [1.807, 2.05) is 37.3 Å². The summed E-state index contributed by atoms with van der Waals surface area (Å²) < 4.78 is 0. The first-order valence-electron chi connectivity index (χ1n) is 5.89. The third-order valence-corrected chi connectivity index (χ3v) is 3.53. The van der Waals surface area contributed by atoms with Crippen LogP contribution in [0.5, 0.6) is 0 Å². The zero-order valence-corrected chi connectivity index (χ0v) is 11.4. The highest BCUT2D eigenvalue weighted by Gasteiger charge is 2.09.